The lowest BCUT2D eigenvalue weighted by atomic mass is 9.96. The van der Waals surface area contributed by atoms with E-state index in [-0.39, 0.29) is 33.7 Å². The van der Waals surface area contributed by atoms with Crippen molar-refractivity contribution in [2.45, 2.75) is 0 Å². The van der Waals surface area contributed by atoms with Gasteiger partial charge in [0.05, 0.1) is 5.69 Å². The Morgan fingerprint density at radius 1 is 1.14 bits per heavy atom. The van der Waals surface area contributed by atoms with Crippen LogP contribution in [-0.4, -0.2) is 40.0 Å². The van der Waals surface area contributed by atoms with Gasteiger partial charge in [0.15, 0.2) is 10.8 Å². The van der Waals surface area contributed by atoms with Crippen molar-refractivity contribution in [3.05, 3.63) is 81.3 Å². The number of amides is 2. The van der Waals surface area contributed by atoms with Gasteiger partial charge in [0, 0.05) is 46.4 Å². The number of phenolic OH excluding ortho intramolecular Hbond substituents is 1. The predicted octanol–water partition coefficient (Wildman–Crippen LogP) is 4.04. The number of carbonyl (C=O) groups excluding carboxylic acids is 2. The quantitative estimate of drug-likeness (QED) is 0.288. The number of pyridine rings is 1. The van der Waals surface area contributed by atoms with Crippen molar-refractivity contribution in [2.24, 2.45) is 5.73 Å². The van der Waals surface area contributed by atoms with Gasteiger partial charge in [-0.25, -0.2) is 9.97 Å². The van der Waals surface area contributed by atoms with E-state index in [1.165, 1.54) is 12.3 Å². The van der Waals surface area contributed by atoms with E-state index in [2.05, 4.69) is 26.7 Å². The molecule has 0 radical (unpaired) electrons. The van der Waals surface area contributed by atoms with E-state index in [9.17, 15) is 20.0 Å². The highest BCUT2D eigenvalue weighted by Gasteiger charge is 2.20. The summed E-state index contributed by atoms with van der Waals surface area (Å²) in [5.74, 6) is -0.995. The third kappa shape index (κ3) is 5.34. The van der Waals surface area contributed by atoms with E-state index in [0.717, 1.165) is 11.3 Å². The van der Waals surface area contributed by atoms with Crippen LogP contribution in [0.15, 0.2) is 60.1 Å². The zero-order valence-electron chi connectivity index (χ0n) is 18.7. The first-order chi connectivity index (χ1) is 17.4. The molecule has 11 heteroatoms. The molecule has 0 bridgehead atoms. The number of aromatic hydroxyl groups is 1. The molecular weight excluding hydrogens is 500 g/mol. The number of hydrogen-bond acceptors (Lipinski definition) is 8. The molecule has 9 nitrogen and oxygen atoms in total. The lowest BCUT2D eigenvalue weighted by Crippen LogP contribution is -2.28. The maximum absolute atomic E-state index is 12.8. The Morgan fingerprint density at radius 2 is 1.97 bits per heavy atom. The third-order valence-corrected chi connectivity index (χ3v) is 6.10. The number of nitrogens with zero attached hydrogens (tertiary/aromatic N) is 3. The number of nitriles is 1. The van der Waals surface area contributed by atoms with Crippen molar-refractivity contribution >= 4 is 40.6 Å². The molecule has 0 atom stereocenters. The van der Waals surface area contributed by atoms with Gasteiger partial charge in [-0.2, -0.15) is 5.26 Å². The van der Waals surface area contributed by atoms with Gasteiger partial charge in [0.1, 0.15) is 17.4 Å². The monoisotopic (exact) mass is 518 g/mol. The van der Waals surface area contributed by atoms with E-state index < -0.39 is 5.91 Å². The van der Waals surface area contributed by atoms with Crippen molar-refractivity contribution in [1.29, 1.82) is 5.26 Å². The van der Waals surface area contributed by atoms with E-state index in [0.29, 0.717) is 40.4 Å². The summed E-state index contributed by atoms with van der Waals surface area (Å²) in [4.78, 5) is 33.7. The van der Waals surface area contributed by atoms with Crippen LogP contribution >= 0.6 is 22.9 Å². The van der Waals surface area contributed by atoms with Gasteiger partial charge in [-0.05, 0) is 42.0 Å². The van der Waals surface area contributed by atoms with Gasteiger partial charge in [0.2, 0.25) is 0 Å². The van der Waals surface area contributed by atoms with Crippen LogP contribution in [0.2, 0.25) is 5.02 Å². The van der Waals surface area contributed by atoms with Crippen LogP contribution in [0.3, 0.4) is 0 Å². The van der Waals surface area contributed by atoms with Gasteiger partial charge in [-0.3, -0.25) is 9.59 Å². The normalized spacial score (nSPS) is 10.5. The first-order valence-electron chi connectivity index (χ1n) is 10.6. The van der Waals surface area contributed by atoms with E-state index in [1.54, 1.807) is 47.8 Å². The Balaban J connectivity index is 1.88. The first-order valence-corrected chi connectivity index (χ1v) is 11.9. The zero-order chi connectivity index (χ0) is 25.7. The highest BCUT2D eigenvalue weighted by Crippen LogP contribution is 2.37. The second kappa shape index (κ2) is 11.0. The molecule has 2 amide bonds. The largest absolute Gasteiger partial charge is 0.507 e. The second-order valence-electron chi connectivity index (χ2n) is 7.47. The Hall–Kier alpha value is -4.30. The van der Waals surface area contributed by atoms with Crippen molar-refractivity contribution in [3.63, 3.8) is 0 Å². The number of hydrogen-bond donors (Lipinski definition) is 4. The van der Waals surface area contributed by atoms with Gasteiger partial charge in [-0.15, -0.1) is 11.3 Å². The number of thiazole rings is 1. The minimum absolute atomic E-state index is 0.0162. The van der Waals surface area contributed by atoms with Crippen LogP contribution in [0.1, 0.15) is 25.7 Å². The molecule has 0 fully saturated rings. The molecule has 0 aliphatic carbocycles. The molecule has 0 unspecified atom stereocenters. The Bertz CT molecular complexity index is 1480. The lowest BCUT2D eigenvalue weighted by molar-refractivity contribution is 0.0954. The Morgan fingerprint density at radius 3 is 2.67 bits per heavy atom. The Kier molecular flexibility index (Phi) is 7.56. The summed E-state index contributed by atoms with van der Waals surface area (Å²) in [5, 5.41) is 28.1. The van der Waals surface area contributed by atoms with E-state index in [1.807, 2.05) is 0 Å². The number of nitrogens with two attached hydrogens (primary N) is 1. The van der Waals surface area contributed by atoms with Crippen molar-refractivity contribution in [2.75, 3.05) is 18.4 Å². The van der Waals surface area contributed by atoms with E-state index in [4.69, 9.17) is 17.3 Å². The molecule has 4 rings (SSSR count). The molecule has 180 valence electrons. The van der Waals surface area contributed by atoms with Gasteiger partial charge in [-0.1, -0.05) is 23.7 Å². The summed E-state index contributed by atoms with van der Waals surface area (Å²) in [7, 11) is 0. The van der Waals surface area contributed by atoms with Crippen LogP contribution in [-0.2, 0) is 0 Å². The molecule has 2 aromatic carbocycles. The highest BCUT2D eigenvalue weighted by molar-refractivity contribution is 7.11. The Labute approximate surface area is 215 Å². The minimum Gasteiger partial charge on any atom is -0.507 e. The number of phenols is 1. The fourth-order valence-corrected chi connectivity index (χ4v) is 4.14. The fraction of sp³-hybridized carbons (Fsp3) is 0.0800. The maximum Gasteiger partial charge on any atom is 0.285 e. The number of rotatable bonds is 7. The number of anilines is 1. The summed E-state index contributed by atoms with van der Waals surface area (Å²) < 4.78 is 0. The van der Waals surface area contributed by atoms with E-state index >= 15 is 0 Å². The molecule has 0 saturated heterocycles. The molecule has 0 aliphatic rings. The molecule has 36 heavy (non-hydrogen) atoms. The predicted molar refractivity (Wildman–Crippen MR) is 138 cm³/mol. The van der Waals surface area contributed by atoms with Gasteiger partial charge < -0.3 is 21.5 Å². The number of benzene rings is 2. The summed E-state index contributed by atoms with van der Waals surface area (Å²) in [6, 6.07) is 14.9. The highest BCUT2D eigenvalue weighted by atomic mass is 35.5. The summed E-state index contributed by atoms with van der Waals surface area (Å²) in [5.41, 5.74) is 7.48. The van der Waals surface area contributed by atoms with Gasteiger partial charge >= 0.3 is 0 Å². The average molecular weight is 519 g/mol. The second-order valence-corrected chi connectivity index (χ2v) is 8.80. The molecule has 4 aromatic rings. The lowest BCUT2D eigenvalue weighted by Gasteiger charge is -2.14. The minimum atomic E-state index is -0.535. The molecule has 2 aromatic heterocycles. The fourth-order valence-electron chi connectivity index (χ4n) is 3.45. The molecular formula is C25H19ClN6O3S. The number of carbonyl (C=O) groups is 2. The summed E-state index contributed by atoms with van der Waals surface area (Å²) in [6.07, 6.45) is 1.49. The maximum atomic E-state index is 12.8. The van der Waals surface area contributed by atoms with Crippen LogP contribution < -0.4 is 16.4 Å². The molecule has 5 N–H and O–H groups in total. The molecule has 0 aliphatic heterocycles. The third-order valence-electron chi connectivity index (χ3n) is 5.09. The summed E-state index contributed by atoms with van der Waals surface area (Å²) >= 11 is 7.13. The van der Waals surface area contributed by atoms with Crippen molar-refractivity contribution < 1.29 is 14.7 Å². The van der Waals surface area contributed by atoms with Crippen molar-refractivity contribution in [1.82, 2.24) is 15.3 Å². The number of aromatic nitrogens is 2. The smallest absolute Gasteiger partial charge is 0.285 e. The standard InChI is InChI=1S/C25H19ClN6O3S/c26-16-4-5-17(21(33)11-16)20-12-18(14-2-1-3-15(10-14)23(34)29-7-6-27)19(13-28)22(31-20)32-24(35)25-30-8-9-36-25/h1-5,8-12,33H,6-7,27H2,(H,29,34)(H,31,32,35). The first kappa shape index (κ1) is 24.8. The van der Waals surface area contributed by atoms with Crippen molar-refractivity contribution in [3.8, 4) is 34.2 Å². The van der Waals surface area contributed by atoms with Crippen LogP contribution in [0.4, 0.5) is 5.82 Å². The topological polar surface area (TPSA) is 154 Å². The van der Waals surface area contributed by atoms with Crippen LogP contribution in [0, 0.1) is 11.3 Å². The van der Waals surface area contributed by atoms with Crippen LogP contribution in [0.25, 0.3) is 22.4 Å². The molecule has 0 saturated carbocycles. The average Bonchev–Trinajstić information content (AvgIpc) is 3.42. The number of nitrogens with one attached hydrogen (secondary N) is 2. The number of halogens is 1. The molecule has 2 heterocycles. The van der Waals surface area contributed by atoms with Gasteiger partial charge in [0.25, 0.3) is 11.8 Å². The zero-order valence-corrected chi connectivity index (χ0v) is 20.2. The molecule has 0 spiro atoms. The SMILES string of the molecule is N#Cc1c(-c2cccc(C(=O)NCCN)c2)cc(-c2ccc(Cl)cc2O)nc1NC(=O)c1nccs1. The van der Waals surface area contributed by atoms with Crippen LogP contribution in [0.5, 0.6) is 5.75 Å². The summed E-state index contributed by atoms with van der Waals surface area (Å²) in [6.45, 7) is 0.610.